The first-order valence-electron chi connectivity index (χ1n) is 8.87. The lowest BCUT2D eigenvalue weighted by Crippen LogP contribution is -2.26. The minimum absolute atomic E-state index is 0.0258. The molecular formula is C21H20N2O5. The van der Waals surface area contributed by atoms with Crippen LogP contribution in [0.3, 0.4) is 0 Å². The van der Waals surface area contributed by atoms with E-state index in [2.05, 4.69) is 4.98 Å². The molecule has 1 aromatic heterocycles. The van der Waals surface area contributed by atoms with Crippen LogP contribution in [0.4, 0.5) is 5.69 Å². The molecule has 2 aromatic carbocycles. The van der Waals surface area contributed by atoms with Gasteiger partial charge in [0.15, 0.2) is 12.2 Å². The Balaban J connectivity index is 1.66. The molecule has 1 aliphatic rings. The van der Waals surface area contributed by atoms with E-state index in [1.54, 1.807) is 24.1 Å². The van der Waals surface area contributed by atoms with Crippen molar-refractivity contribution in [2.24, 2.45) is 0 Å². The molecule has 0 saturated carbocycles. The molecule has 0 radical (unpaired) electrons. The summed E-state index contributed by atoms with van der Waals surface area (Å²) in [5.41, 5.74) is 1.90. The number of phenols is 1. The third-order valence-electron chi connectivity index (χ3n) is 4.98. The number of carbonyl (C=O) groups is 1. The summed E-state index contributed by atoms with van der Waals surface area (Å²) in [6.07, 6.45) is 3.46. The van der Waals surface area contributed by atoms with Gasteiger partial charge in [-0.2, -0.15) is 0 Å². The fraction of sp³-hybridized carbons (Fsp3) is 0.238. The number of aromatic hydroxyl groups is 1. The van der Waals surface area contributed by atoms with E-state index in [1.165, 1.54) is 19.7 Å². The summed E-state index contributed by atoms with van der Waals surface area (Å²) in [6, 6.07) is 10.8. The van der Waals surface area contributed by atoms with Gasteiger partial charge in [0.05, 0.1) is 32.0 Å². The molecule has 0 bridgehead atoms. The number of rotatable bonds is 5. The monoisotopic (exact) mass is 380 g/mol. The lowest BCUT2D eigenvalue weighted by atomic mass is 9.97. The Kier molecular flexibility index (Phi) is 4.65. The summed E-state index contributed by atoms with van der Waals surface area (Å²) >= 11 is 0. The average Bonchev–Trinajstić information content (AvgIpc) is 3.37. The van der Waals surface area contributed by atoms with Crippen LogP contribution in [-0.4, -0.2) is 36.8 Å². The van der Waals surface area contributed by atoms with Gasteiger partial charge < -0.3 is 23.9 Å². The smallest absolute Gasteiger partial charge is 0.234 e. The number of hydrogen-bond acceptors (Lipinski definition) is 6. The maximum atomic E-state index is 13.1. The van der Waals surface area contributed by atoms with Crippen LogP contribution in [0.15, 0.2) is 53.4 Å². The fourth-order valence-corrected chi connectivity index (χ4v) is 3.59. The molecular weight excluding hydrogens is 360 g/mol. The SMILES string of the molecule is COc1cccc(C2CCN(c3cc(O)c(-c4cnco4)c(OC)c3)C2=O)c1. The van der Waals surface area contributed by atoms with Crippen LogP contribution in [-0.2, 0) is 4.79 Å². The Morgan fingerprint density at radius 2 is 2.07 bits per heavy atom. The number of aromatic nitrogens is 1. The second kappa shape index (κ2) is 7.26. The van der Waals surface area contributed by atoms with Crippen LogP contribution in [0, 0.1) is 0 Å². The zero-order valence-corrected chi connectivity index (χ0v) is 15.6. The maximum Gasteiger partial charge on any atom is 0.234 e. The van der Waals surface area contributed by atoms with E-state index in [0.717, 1.165) is 11.3 Å². The molecule has 3 aromatic rings. The van der Waals surface area contributed by atoms with Crippen molar-refractivity contribution >= 4 is 11.6 Å². The van der Waals surface area contributed by atoms with Crippen LogP contribution >= 0.6 is 0 Å². The van der Waals surface area contributed by atoms with Crippen LogP contribution in [0.1, 0.15) is 17.9 Å². The molecule has 1 atom stereocenters. The Hall–Kier alpha value is -3.48. The molecule has 1 aliphatic heterocycles. The predicted molar refractivity (Wildman–Crippen MR) is 103 cm³/mol. The maximum absolute atomic E-state index is 13.1. The van der Waals surface area contributed by atoms with Gasteiger partial charge in [0, 0.05) is 18.7 Å². The number of hydrogen-bond donors (Lipinski definition) is 1. The molecule has 7 nitrogen and oxygen atoms in total. The number of carbonyl (C=O) groups excluding carboxylic acids is 1. The Morgan fingerprint density at radius 1 is 1.21 bits per heavy atom. The highest BCUT2D eigenvalue weighted by molar-refractivity contribution is 6.01. The third kappa shape index (κ3) is 3.05. The molecule has 1 amide bonds. The van der Waals surface area contributed by atoms with Crippen molar-refractivity contribution in [3.05, 3.63) is 54.6 Å². The van der Waals surface area contributed by atoms with Gasteiger partial charge in [-0.25, -0.2) is 4.98 Å². The van der Waals surface area contributed by atoms with Crippen molar-refractivity contribution < 1.29 is 23.8 Å². The van der Waals surface area contributed by atoms with Crippen molar-refractivity contribution in [1.29, 1.82) is 0 Å². The minimum Gasteiger partial charge on any atom is -0.507 e. The van der Waals surface area contributed by atoms with Crippen molar-refractivity contribution in [3.8, 4) is 28.6 Å². The highest BCUT2D eigenvalue weighted by atomic mass is 16.5. The van der Waals surface area contributed by atoms with E-state index in [0.29, 0.717) is 35.7 Å². The van der Waals surface area contributed by atoms with Gasteiger partial charge in [-0.15, -0.1) is 0 Å². The summed E-state index contributed by atoms with van der Waals surface area (Å²) in [6.45, 7) is 0.547. The van der Waals surface area contributed by atoms with E-state index in [9.17, 15) is 9.90 Å². The first kappa shape index (κ1) is 17.9. The molecule has 0 spiro atoms. The Labute approximate surface area is 162 Å². The first-order chi connectivity index (χ1) is 13.6. The van der Waals surface area contributed by atoms with Gasteiger partial charge in [0.2, 0.25) is 5.91 Å². The second-order valence-corrected chi connectivity index (χ2v) is 6.52. The largest absolute Gasteiger partial charge is 0.507 e. The van der Waals surface area contributed by atoms with Gasteiger partial charge in [-0.1, -0.05) is 12.1 Å². The van der Waals surface area contributed by atoms with Gasteiger partial charge in [-0.3, -0.25) is 4.79 Å². The molecule has 4 rings (SSSR count). The quantitative estimate of drug-likeness (QED) is 0.728. The number of amides is 1. The fourth-order valence-electron chi connectivity index (χ4n) is 3.59. The second-order valence-electron chi connectivity index (χ2n) is 6.52. The Morgan fingerprint density at radius 3 is 2.79 bits per heavy atom. The number of anilines is 1. The average molecular weight is 380 g/mol. The number of methoxy groups -OCH3 is 2. The molecule has 144 valence electrons. The molecule has 1 N–H and O–H groups in total. The number of ether oxygens (including phenoxy) is 2. The normalized spacial score (nSPS) is 16.4. The summed E-state index contributed by atoms with van der Waals surface area (Å²) in [7, 11) is 3.11. The lowest BCUT2D eigenvalue weighted by molar-refractivity contribution is -0.118. The van der Waals surface area contributed by atoms with Crippen molar-refractivity contribution in [1.82, 2.24) is 4.98 Å². The molecule has 1 unspecified atom stereocenters. The molecule has 2 heterocycles. The van der Waals surface area contributed by atoms with Gasteiger partial charge in [0.1, 0.15) is 22.8 Å². The molecule has 0 aliphatic carbocycles. The number of benzene rings is 2. The topological polar surface area (TPSA) is 85.0 Å². The van der Waals surface area contributed by atoms with Crippen molar-refractivity contribution in [2.45, 2.75) is 12.3 Å². The predicted octanol–water partition coefficient (Wildman–Crippen LogP) is 3.58. The summed E-state index contributed by atoms with van der Waals surface area (Å²) in [5, 5.41) is 10.6. The summed E-state index contributed by atoms with van der Waals surface area (Å²) in [5.74, 6) is 1.20. The zero-order valence-electron chi connectivity index (χ0n) is 15.6. The highest BCUT2D eigenvalue weighted by Gasteiger charge is 2.34. The van der Waals surface area contributed by atoms with Crippen LogP contribution < -0.4 is 14.4 Å². The van der Waals surface area contributed by atoms with Gasteiger partial charge in [-0.05, 0) is 24.1 Å². The molecule has 28 heavy (non-hydrogen) atoms. The summed E-state index contributed by atoms with van der Waals surface area (Å²) in [4.78, 5) is 18.6. The van der Waals surface area contributed by atoms with E-state index >= 15 is 0 Å². The highest BCUT2D eigenvalue weighted by Crippen LogP contribution is 2.43. The molecule has 1 fully saturated rings. The molecule has 1 saturated heterocycles. The van der Waals surface area contributed by atoms with Crippen molar-refractivity contribution in [2.75, 3.05) is 25.7 Å². The third-order valence-corrected chi connectivity index (χ3v) is 4.98. The van der Waals surface area contributed by atoms with Crippen LogP contribution in [0.5, 0.6) is 17.2 Å². The number of nitrogens with zero attached hydrogens (tertiary/aromatic N) is 2. The number of oxazole rings is 1. The summed E-state index contributed by atoms with van der Waals surface area (Å²) < 4.78 is 16.0. The van der Waals surface area contributed by atoms with E-state index in [4.69, 9.17) is 13.9 Å². The van der Waals surface area contributed by atoms with Crippen molar-refractivity contribution in [3.63, 3.8) is 0 Å². The lowest BCUT2D eigenvalue weighted by Gasteiger charge is -2.20. The zero-order chi connectivity index (χ0) is 19.7. The van der Waals surface area contributed by atoms with E-state index < -0.39 is 0 Å². The first-order valence-corrected chi connectivity index (χ1v) is 8.87. The van der Waals surface area contributed by atoms with Crippen LogP contribution in [0.2, 0.25) is 0 Å². The van der Waals surface area contributed by atoms with Gasteiger partial charge >= 0.3 is 0 Å². The van der Waals surface area contributed by atoms with E-state index in [-0.39, 0.29) is 17.6 Å². The number of phenolic OH excluding ortho intramolecular Hbond substituents is 1. The standard InChI is InChI=1S/C21H20N2O5/c1-26-15-5-3-4-13(8-15)16-6-7-23(21(16)25)14-9-17(24)20(18(10-14)27-2)19-11-22-12-28-19/h3-5,8-12,16,24H,6-7H2,1-2H3. The minimum atomic E-state index is -0.253. The Bertz CT molecular complexity index is 1000. The van der Waals surface area contributed by atoms with Gasteiger partial charge in [0.25, 0.3) is 0 Å². The van der Waals surface area contributed by atoms with Crippen LogP contribution in [0.25, 0.3) is 11.3 Å². The molecule has 7 heteroatoms. The van der Waals surface area contributed by atoms with E-state index in [1.807, 2.05) is 24.3 Å².